The first-order chi connectivity index (χ1) is 23.4. The van der Waals surface area contributed by atoms with Crippen LogP contribution in [-0.2, 0) is 9.59 Å². The Balaban J connectivity index is 1.37. The van der Waals surface area contributed by atoms with E-state index in [4.69, 9.17) is 15.0 Å². The highest BCUT2D eigenvalue weighted by atomic mass is 16.5. The molecule has 0 aliphatic carbocycles. The molecule has 264 valence electrons. The van der Waals surface area contributed by atoms with Gasteiger partial charge in [-0.25, -0.2) is 4.79 Å². The summed E-state index contributed by atoms with van der Waals surface area (Å²) in [5.74, 6) is -0.0967. The number of amides is 5. The first-order valence-electron chi connectivity index (χ1n) is 16.5. The Bertz CT molecular complexity index is 1620. The third-order valence-electron chi connectivity index (χ3n) is 8.56. The van der Waals surface area contributed by atoms with Crippen LogP contribution in [0.25, 0.3) is 0 Å². The van der Waals surface area contributed by atoms with Crippen LogP contribution in [0.5, 0.6) is 5.75 Å². The smallest absolute Gasteiger partial charge is 0.321 e. The van der Waals surface area contributed by atoms with Crippen LogP contribution in [0, 0.1) is 19.8 Å². The van der Waals surface area contributed by atoms with Crippen LogP contribution in [0.4, 0.5) is 27.5 Å². The average molecular weight is 678 g/mol. The number of benzene rings is 2. The number of nitrogen functional groups attached to an aromatic ring is 1. The number of aromatic nitrogens is 1. The van der Waals surface area contributed by atoms with Crippen molar-refractivity contribution in [1.29, 1.82) is 0 Å². The number of nitrogens with one attached hydrogen (secondary N) is 3. The molecule has 0 fully saturated rings. The molecule has 1 aliphatic heterocycles. The van der Waals surface area contributed by atoms with Crippen LogP contribution >= 0.6 is 0 Å². The van der Waals surface area contributed by atoms with Crippen LogP contribution in [0.2, 0.25) is 0 Å². The fourth-order valence-corrected chi connectivity index (χ4v) is 5.53. The van der Waals surface area contributed by atoms with E-state index in [1.54, 1.807) is 75.2 Å². The number of anilines is 4. The molecule has 2 heterocycles. The van der Waals surface area contributed by atoms with Crippen molar-refractivity contribution in [3.8, 4) is 5.75 Å². The molecule has 0 unspecified atom stereocenters. The summed E-state index contributed by atoms with van der Waals surface area (Å²) in [5.41, 5.74) is 8.70. The molecule has 4 rings (SSSR count). The summed E-state index contributed by atoms with van der Waals surface area (Å²) in [6.45, 7) is 7.38. The number of carbonyl (C=O) groups is 4. The van der Waals surface area contributed by atoms with E-state index < -0.39 is 12.1 Å². The molecule has 1 aromatic heterocycles. The zero-order valence-electron chi connectivity index (χ0n) is 28.7. The molecule has 3 atom stereocenters. The molecule has 5 amide bonds. The van der Waals surface area contributed by atoms with E-state index in [1.165, 1.54) is 4.90 Å². The largest absolute Gasteiger partial charge is 0.487 e. The van der Waals surface area contributed by atoms with Crippen LogP contribution in [0.1, 0.15) is 67.8 Å². The monoisotopic (exact) mass is 677 g/mol. The lowest BCUT2D eigenvalue weighted by Gasteiger charge is -2.38. The van der Waals surface area contributed by atoms with Crippen LogP contribution in [0.15, 0.2) is 47.0 Å². The van der Waals surface area contributed by atoms with Crippen LogP contribution in [0.3, 0.4) is 0 Å². The summed E-state index contributed by atoms with van der Waals surface area (Å²) < 4.78 is 11.5. The summed E-state index contributed by atoms with van der Waals surface area (Å²) in [4.78, 5) is 55.0. The number of nitrogens with two attached hydrogens (primary N) is 1. The number of rotatable bonds is 13. The number of hydrogen-bond donors (Lipinski definition) is 5. The maximum absolute atomic E-state index is 13.8. The molecule has 6 N–H and O–H groups in total. The van der Waals surface area contributed by atoms with Crippen molar-refractivity contribution >= 4 is 46.5 Å². The Morgan fingerprint density at radius 3 is 2.41 bits per heavy atom. The quantitative estimate of drug-likeness (QED) is 0.125. The zero-order valence-corrected chi connectivity index (χ0v) is 28.7. The number of aliphatic hydroxyl groups excluding tert-OH is 1. The minimum atomic E-state index is -0.506. The average Bonchev–Trinajstić information content (AvgIpc) is 3.39. The van der Waals surface area contributed by atoms with Gasteiger partial charge >= 0.3 is 6.03 Å². The second-order valence-electron chi connectivity index (χ2n) is 12.6. The molecule has 1 aliphatic rings. The normalized spacial score (nSPS) is 16.4. The lowest BCUT2D eigenvalue weighted by Crippen LogP contribution is -2.50. The van der Waals surface area contributed by atoms with Crippen molar-refractivity contribution in [2.45, 2.75) is 71.9 Å². The van der Waals surface area contributed by atoms with E-state index in [1.807, 2.05) is 6.92 Å². The predicted molar refractivity (Wildman–Crippen MR) is 186 cm³/mol. The van der Waals surface area contributed by atoms with Gasteiger partial charge in [-0.3, -0.25) is 14.4 Å². The van der Waals surface area contributed by atoms with Gasteiger partial charge in [-0.05, 0) is 63.9 Å². The summed E-state index contributed by atoms with van der Waals surface area (Å²) >= 11 is 0. The SMILES string of the molecule is Cc1noc(C)c1NC(=O)N(C)C[C@@H]1Oc2ccc(NC(=O)CCCCCC(=O)Nc3ccccc3N)cc2C(=O)N([C@@H](C)CO)C[C@H]1C. The van der Waals surface area contributed by atoms with E-state index in [0.717, 1.165) is 0 Å². The van der Waals surface area contributed by atoms with Crippen LogP contribution < -0.4 is 26.4 Å². The van der Waals surface area contributed by atoms with Gasteiger partial charge in [0.1, 0.15) is 23.2 Å². The minimum Gasteiger partial charge on any atom is -0.487 e. The maximum atomic E-state index is 13.8. The van der Waals surface area contributed by atoms with Crippen LogP contribution in [-0.4, -0.2) is 82.7 Å². The Morgan fingerprint density at radius 2 is 1.76 bits per heavy atom. The van der Waals surface area contributed by atoms with Gasteiger partial charge in [-0.15, -0.1) is 0 Å². The molecule has 0 saturated carbocycles. The van der Waals surface area contributed by atoms with Gasteiger partial charge in [0, 0.05) is 38.0 Å². The van der Waals surface area contributed by atoms with Gasteiger partial charge in [0.25, 0.3) is 5.91 Å². The number of ether oxygens (including phenoxy) is 1. The number of para-hydroxylation sites is 2. The molecule has 0 radical (unpaired) electrons. The number of aliphatic hydroxyl groups is 1. The first-order valence-corrected chi connectivity index (χ1v) is 16.5. The number of likely N-dealkylation sites (N-methyl/N-ethyl adjacent to an activating group) is 1. The van der Waals surface area contributed by atoms with Crippen molar-refractivity contribution in [1.82, 2.24) is 15.0 Å². The van der Waals surface area contributed by atoms with E-state index in [2.05, 4.69) is 21.1 Å². The molecule has 14 heteroatoms. The topological polar surface area (TPSA) is 192 Å². The number of nitrogens with zero attached hydrogens (tertiary/aromatic N) is 3. The van der Waals surface area contributed by atoms with Gasteiger partial charge in [-0.1, -0.05) is 30.6 Å². The number of hydrogen-bond acceptors (Lipinski definition) is 9. The zero-order chi connectivity index (χ0) is 35.7. The predicted octanol–water partition coefficient (Wildman–Crippen LogP) is 4.79. The third-order valence-corrected chi connectivity index (χ3v) is 8.56. The molecule has 2 aromatic carbocycles. The van der Waals surface area contributed by atoms with Crippen molar-refractivity contribution in [3.63, 3.8) is 0 Å². The van der Waals surface area contributed by atoms with Crippen molar-refractivity contribution in [2.75, 3.05) is 48.4 Å². The van der Waals surface area contributed by atoms with Gasteiger partial charge in [0.15, 0.2) is 5.76 Å². The summed E-state index contributed by atoms with van der Waals surface area (Å²) in [6.07, 6.45) is 1.93. The van der Waals surface area contributed by atoms with Crippen molar-refractivity contribution < 1.29 is 33.5 Å². The number of unbranched alkanes of at least 4 members (excludes halogenated alkanes) is 2. The molecule has 0 bridgehead atoms. The summed E-state index contributed by atoms with van der Waals surface area (Å²) in [5, 5.41) is 22.3. The molecule has 49 heavy (non-hydrogen) atoms. The first kappa shape index (κ1) is 36.7. The van der Waals surface area contributed by atoms with E-state index >= 15 is 0 Å². The van der Waals surface area contributed by atoms with Gasteiger partial charge in [0.05, 0.1) is 36.1 Å². The van der Waals surface area contributed by atoms with Crippen molar-refractivity contribution in [2.24, 2.45) is 5.92 Å². The van der Waals surface area contributed by atoms with Gasteiger partial charge in [-0.2, -0.15) is 0 Å². The lowest BCUT2D eigenvalue weighted by molar-refractivity contribution is -0.116. The highest BCUT2D eigenvalue weighted by Crippen LogP contribution is 2.31. The Labute approximate surface area is 286 Å². The lowest BCUT2D eigenvalue weighted by atomic mass is 9.99. The standard InChI is InChI=1S/C35H47N7O7/c1-21-18-42(22(2)20-43)34(46)26-17-25(37-31(44)13-7-6-8-14-32(45)38-28-12-10-9-11-27(28)36)15-16-29(26)48-30(21)19-41(5)35(47)39-33-23(3)40-49-24(33)4/h9-12,15-17,21-22,30,43H,6-8,13-14,18-20,36H2,1-5H3,(H,37,44)(H,38,45)(H,39,47)/t21-,22+,30+/m1/s1. The minimum absolute atomic E-state index is 0.136. The molecule has 0 spiro atoms. The summed E-state index contributed by atoms with van der Waals surface area (Å²) in [6, 6.07) is 11.1. The fourth-order valence-electron chi connectivity index (χ4n) is 5.53. The molecule has 14 nitrogen and oxygen atoms in total. The second-order valence-corrected chi connectivity index (χ2v) is 12.6. The molecule has 3 aromatic rings. The Hall–Kier alpha value is -5.11. The third kappa shape index (κ3) is 9.72. The van der Waals surface area contributed by atoms with Gasteiger partial charge < -0.3 is 45.9 Å². The molecular formula is C35H47N7O7. The molecule has 0 saturated heterocycles. The van der Waals surface area contributed by atoms with Crippen molar-refractivity contribution in [3.05, 3.63) is 59.5 Å². The number of fused-ring (bicyclic) bond motifs is 1. The van der Waals surface area contributed by atoms with E-state index in [-0.39, 0.29) is 61.4 Å². The number of urea groups is 1. The summed E-state index contributed by atoms with van der Waals surface area (Å²) in [7, 11) is 1.65. The second kappa shape index (κ2) is 16.8. The highest BCUT2D eigenvalue weighted by Gasteiger charge is 2.34. The number of aryl methyl sites for hydroxylation is 2. The molecular weight excluding hydrogens is 630 g/mol. The van der Waals surface area contributed by atoms with Gasteiger partial charge in [0.2, 0.25) is 11.8 Å². The maximum Gasteiger partial charge on any atom is 0.321 e. The highest BCUT2D eigenvalue weighted by molar-refractivity contribution is 6.00. The van der Waals surface area contributed by atoms with E-state index in [0.29, 0.717) is 65.6 Å². The Morgan fingerprint density at radius 1 is 1.06 bits per heavy atom. The number of carbonyl (C=O) groups excluding carboxylic acids is 4. The fraction of sp³-hybridized carbons (Fsp3) is 0.457. The Kier molecular flexibility index (Phi) is 12.6. The van der Waals surface area contributed by atoms with E-state index in [9.17, 15) is 24.3 Å².